The fourth-order valence-electron chi connectivity index (χ4n) is 3.02. The summed E-state index contributed by atoms with van der Waals surface area (Å²) in [5, 5.41) is 22.0. The van der Waals surface area contributed by atoms with Crippen molar-refractivity contribution in [2.24, 2.45) is 0 Å². The Labute approximate surface area is 131 Å². The van der Waals surface area contributed by atoms with Crippen molar-refractivity contribution in [3.63, 3.8) is 0 Å². The number of aromatic nitrogens is 2. The second-order valence-electron chi connectivity index (χ2n) is 5.37. The van der Waals surface area contributed by atoms with Crippen LogP contribution >= 0.6 is 0 Å². The molecule has 0 spiro atoms. The number of hydrogen-bond donors (Lipinski definition) is 3. The highest BCUT2D eigenvalue weighted by atomic mass is 16.4. The highest BCUT2D eigenvalue weighted by Gasteiger charge is 2.38. The monoisotopic (exact) mass is 313 g/mol. The van der Waals surface area contributed by atoms with Gasteiger partial charge < -0.3 is 19.9 Å². The molecule has 1 aliphatic heterocycles. The third kappa shape index (κ3) is 2.26. The molecule has 118 valence electrons. The van der Waals surface area contributed by atoms with Crippen molar-refractivity contribution in [3.8, 4) is 0 Å². The molecule has 0 bridgehead atoms. The second-order valence-corrected chi connectivity index (χ2v) is 5.37. The van der Waals surface area contributed by atoms with E-state index in [9.17, 15) is 19.8 Å². The third-order valence-corrected chi connectivity index (χ3v) is 3.97. The van der Waals surface area contributed by atoms with E-state index in [-0.39, 0.29) is 11.1 Å². The zero-order valence-electron chi connectivity index (χ0n) is 12.6. The maximum atomic E-state index is 11.7. The summed E-state index contributed by atoms with van der Waals surface area (Å²) in [6, 6.07) is 5.41. The summed E-state index contributed by atoms with van der Waals surface area (Å²) < 4.78 is 1.74. The standard InChI is InChI=1S/C16H15N3O4/c1-8-11(15(20)21)13(12(16(22)23)9(2)18-8)14-10-5-3-4-6-19(10)7-17-14/h3-7,13,18H,1-2H3,(H,20,21)(H,22,23). The van der Waals surface area contributed by atoms with Crippen molar-refractivity contribution in [1.29, 1.82) is 0 Å². The molecule has 2 aromatic heterocycles. The number of nitrogens with zero attached hydrogens (tertiary/aromatic N) is 2. The molecular formula is C16H15N3O4. The normalized spacial score (nSPS) is 15.9. The average Bonchev–Trinajstić information content (AvgIpc) is 2.89. The number of aliphatic carboxylic acids is 2. The Kier molecular flexibility index (Phi) is 3.40. The lowest BCUT2D eigenvalue weighted by Gasteiger charge is -2.27. The van der Waals surface area contributed by atoms with Crippen molar-refractivity contribution in [2.75, 3.05) is 0 Å². The molecule has 0 saturated carbocycles. The Morgan fingerprint density at radius 3 is 2.30 bits per heavy atom. The predicted molar refractivity (Wildman–Crippen MR) is 81.7 cm³/mol. The molecule has 2 aromatic rings. The van der Waals surface area contributed by atoms with Crippen LogP contribution in [0.25, 0.3) is 5.52 Å². The minimum absolute atomic E-state index is 0.00236. The van der Waals surface area contributed by atoms with E-state index >= 15 is 0 Å². The Hall–Kier alpha value is -3.09. The summed E-state index contributed by atoms with van der Waals surface area (Å²) in [4.78, 5) is 27.8. The molecule has 0 radical (unpaired) electrons. The van der Waals surface area contributed by atoms with E-state index in [0.717, 1.165) is 0 Å². The summed E-state index contributed by atoms with van der Waals surface area (Å²) in [5.41, 5.74) is 1.93. The summed E-state index contributed by atoms with van der Waals surface area (Å²) in [5.74, 6) is -3.26. The fourth-order valence-corrected chi connectivity index (χ4v) is 3.02. The minimum Gasteiger partial charge on any atom is -0.478 e. The maximum Gasteiger partial charge on any atom is 0.334 e. The van der Waals surface area contributed by atoms with Crippen LogP contribution in [0.1, 0.15) is 25.5 Å². The Morgan fingerprint density at radius 2 is 1.74 bits per heavy atom. The number of allylic oxidation sites excluding steroid dienone is 2. The summed E-state index contributed by atoms with van der Waals surface area (Å²) in [7, 11) is 0. The van der Waals surface area contributed by atoms with Crippen LogP contribution in [0.4, 0.5) is 0 Å². The number of fused-ring (bicyclic) bond motifs is 1. The quantitative estimate of drug-likeness (QED) is 0.797. The zero-order valence-corrected chi connectivity index (χ0v) is 12.6. The maximum absolute atomic E-state index is 11.7. The molecule has 3 heterocycles. The zero-order chi connectivity index (χ0) is 16.7. The van der Waals surface area contributed by atoms with Gasteiger partial charge in [-0.05, 0) is 26.0 Å². The molecular weight excluding hydrogens is 298 g/mol. The first-order chi connectivity index (χ1) is 10.9. The number of imidazole rings is 1. The first-order valence-electron chi connectivity index (χ1n) is 6.98. The molecule has 0 fully saturated rings. The van der Waals surface area contributed by atoms with Gasteiger partial charge in [0.1, 0.15) is 0 Å². The van der Waals surface area contributed by atoms with E-state index in [0.29, 0.717) is 22.6 Å². The molecule has 1 aliphatic rings. The fraction of sp³-hybridized carbons (Fsp3) is 0.188. The topological polar surface area (TPSA) is 104 Å². The molecule has 0 atom stereocenters. The van der Waals surface area contributed by atoms with Gasteiger partial charge in [0.15, 0.2) is 0 Å². The molecule has 3 N–H and O–H groups in total. The first kappa shape index (κ1) is 14.8. The van der Waals surface area contributed by atoms with Gasteiger partial charge in [-0.25, -0.2) is 14.6 Å². The van der Waals surface area contributed by atoms with Gasteiger partial charge in [0.2, 0.25) is 0 Å². The van der Waals surface area contributed by atoms with Gasteiger partial charge in [-0.1, -0.05) is 6.07 Å². The van der Waals surface area contributed by atoms with Crippen LogP contribution in [0.3, 0.4) is 0 Å². The largest absolute Gasteiger partial charge is 0.478 e. The van der Waals surface area contributed by atoms with E-state index < -0.39 is 17.9 Å². The molecule has 7 nitrogen and oxygen atoms in total. The van der Waals surface area contributed by atoms with Gasteiger partial charge in [0.05, 0.1) is 34.6 Å². The molecule has 3 rings (SSSR count). The summed E-state index contributed by atoms with van der Waals surface area (Å²) in [6.45, 7) is 3.24. The van der Waals surface area contributed by atoms with Gasteiger partial charge >= 0.3 is 11.9 Å². The highest BCUT2D eigenvalue weighted by molar-refractivity contribution is 5.98. The number of nitrogens with one attached hydrogen (secondary N) is 1. The number of dihydropyridines is 1. The van der Waals surface area contributed by atoms with Crippen molar-refractivity contribution >= 4 is 17.5 Å². The van der Waals surface area contributed by atoms with E-state index in [1.807, 2.05) is 6.07 Å². The van der Waals surface area contributed by atoms with E-state index in [1.165, 1.54) is 0 Å². The highest BCUT2D eigenvalue weighted by Crippen LogP contribution is 2.39. The van der Waals surface area contributed by atoms with Crippen molar-refractivity contribution in [1.82, 2.24) is 14.7 Å². The van der Waals surface area contributed by atoms with Gasteiger partial charge in [-0.15, -0.1) is 0 Å². The van der Waals surface area contributed by atoms with Gasteiger partial charge in [-0.3, -0.25) is 0 Å². The molecule has 0 aliphatic carbocycles. The number of carboxylic acids is 2. The number of hydrogen-bond acceptors (Lipinski definition) is 4. The van der Waals surface area contributed by atoms with Crippen LogP contribution in [-0.4, -0.2) is 31.5 Å². The molecule has 0 saturated heterocycles. The molecule has 0 aromatic carbocycles. The lowest BCUT2D eigenvalue weighted by molar-refractivity contribution is -0.133. The number of carbonyl (C=O) groups is 2. The Balaban J connectivity index is 2.31. The SMILES string of the molecule is CC1=C(C(=O)O)C(c2ncn3ccccc23)C(C(=O)O)=C(C)N1. The van der Waals surface area contributed by atoms with Crippen LogP contribution < -0.4 is 5.32 Å². The van der Waals surface area contributed by atoms with Crippen molar-refractivity contribution < 1.29 is 19.8 Å². The lowest BCUT2D eigenvalue weighted by Crippen LogP contribution is -2.31. The molecule has 23 heavy (non-hydrogen) atoms. The van der Waals surface area contributed by atoms with Crippen LogP contribution in [0.2, 0.25) is 0 Å². The number of pyridine rings is 1. The molecule has 0 amide bonds. The Morgan fingerprint density at radius 1 is 1.13 bits per heavy atom. The van der Waals surface area contributed by atoms with Gasteiger partial charge in [0, 0.05) is 17.6 Å². The van der Waals surface area contributed by atoms with Gasteiger partial charge in [0.25, 0.3) is 0 Å². The second kappa shape index (κ2) is 5.28. The third-order valence-electron chi connectivity index (χ3n) is 3.97. The van der Waals surface area contributed by atoms with E-state index in [2.05, 4.69) is 10.3 Å². The van der Waals surface area contributed by atoms with Crippen LogP contribution in [-0.2, 0) is 9.59 Å². The Bertz CT molecular complexity index is 856. The number of carboxylic acid groups (broad SMARTS) is 2. The predicted octanol–water partition coefficient (Wildman–Crippen LogP) is 1.74. The summed E-state index contributed by atoms with van der Waals surface area (Å²) in [6.07, 6.45) is 3.33. The van der Waals surface area contributed by atoms with E-state index in [4.69, 9.17) is 0 Å². The van der Waals surface area contributed by atoms with Crippen molar-refractivity contribution in [3.05, 3.63) is 59.0 Å². The minimum atomic E-state index is -1.16. The number of rotatable bonds is 3. The first-order valence-corrected chi connectivity index (χ1v) is 6.98. The van der Waals surface area contributed by atoms with Crippen LogP contribution in [0.15, 0.2) is 53.3 Å². The molecule has 0 unspecified atom stereocenters. The van der Waals surface area contributed by atoms with Crippen molar-refractivity contribution in [2.45, 2.75) is 19.8 Å². The smallest absolute Gasteiger partial charge is 0.334 e. The van der Waals surface area contributed by atoms with Crippen LogP contribution in [0, 0.1) is 0 Å². The molecule has 7 heteroatoms. The van der Waals surface area contributed by atoms with Crippen LogP contribution in [0.5, 0.6) is 0 Å². The lowest BCUT2D eigenvalue weighted by atomic mass is 9.82. The van der Waals surface area contributed by atoms with E-state index in [1.54, 1.807) is 42.9 Å². The van der Waals surface area contributed by atoms with Gasteiger partial charge in [-0.2, -0.15) is 0 Å². The summed E-state index contributed by atoms with van der Waals surface area (Å²) >= 11 is 0. The average molecular weight is 313 g/mol.